The fourth-order valence-corrected chi connectivity index (χ4v) is 5.51. The Morgan fingerprint density at radius 3 is 2.19 bits per heavy atom. The molecular formula is C29H21Cl2F6N3O2S. The van der Waals surface area contributed by atoms with E-state index < -0.39 is 24.7 Å². The van der Waals surface area contributed by atoms with Gasteiger partial charge in [0.25, 0.3) is 0 Å². The third kappa shape index (κ3) is 8.71. The highest BCUT2D eigenvalue weighted by Gasteiger charge is 2.38. The second-order valence-corrected chi connectivity index (χ2v) is 11.1. The minimum absolute atomic E-state index is 0.00558. The number of carbonyl (C=O) groups is 1. The molecule has 5 rings (SSSR count). The molecule has 2 aromatic heterocycles. The predicted molar refractivity (Wildman–Crippen MR) is 153 cm³/mol. The highest BCUT2D eigenvalue weighted by atomic mass is 35.5. The van der Waals surface area contributed by atoms with Crippen molar-refractivity contribution in [1.82, 2.24) is 14.5 Å². The molecule has 14 heteroatoms. The van der Waals surface area contributed by atoms with Gasteiger partial charge < -0.3 is 9.67 Å². The molecule has 0 saturated heterocycles. The zero-order chi connectivity index (χ0) is 31.4. The van der Waals surface area contributed by atoms with Crippen LogP contribution in [0.5, 0.6) is 0 Å². The molecule has 0 saturated carbocycles. The van der Waals surface area contributed by atoms with E-state index in [0.717, 1.165) is 21.7 Å². The van der Waals surface area contributed by atoms with E-state index in [2.05, 4.69) is 9.97 Å². The number of imidazole rings is 1. The SMILES string of the molecule is FC(F)(F)Cc1nc2ccc(C(c3ccc(Cl)cc3)c3nccs3)cc2n1CCc1cccc(Cl)c1.O=C(O)C(F)(F)F. The van der Waals surface area contributed by atoms with E-state index >= 15 is 0 Å². The number of thiazole rings is 1. The standard InChI is InChI=1S/C27H20Cl2F3N3S.C2HF3O2/c28-20-7-4-18(5-8-20)25(26-33-11-13-36-26)19-6-9-22-23(15-19)35(24(34-22)16-27(30,31)32)12-10-17-2-1-3-21(29)14-17;3-2(4,5)1(6)7/h1-9,11,13-15,25H,10,12,16H2;(H,6,7). The molecule has 0 bridgehead atoms. The summed E-state index contributed by atoms with van der Waals surface area (Å²) in [5.41, 5.74) is 4.04. The Bertz CT molecular complexity index is 1690. The lowest BCUT2D eigenvalue weighted by atomic mass is 9.91. The molecular weight excluding hydrogens is 639 g/mol. The van der Waals surface area contributed by atoms with Crippen molar-refractivity contribution in [1.29, 1.82) is 0 Å². The molecule has 0 aliphatic heterocycles. The first kappa shape index (κ1) is 32.3. The molecule has 0 aliphatic carbocycles. The summed E-state index contributed by atoms with van der Waals surface area (Å²) >= 11 is 13.8. The van der Waals surface area contributed by atoms with Crippen LogP contribution < -0.4 is 0 Å². The Balaban J connectivity index is 0.000000541. The summed E-state index contributed by atoms with van der Waals surface area (Å²) in [6.45, 7) is 0.342. The summed E-state index contributed by atoms with van der Waals surface area (Å²) in [4.78, 5) is 17.8. The zero-order valence-electron chi connectivity index (χ0n) is 21.8. The Morgan fingerprint density at radius 2 is 1.60 bits per heavy atom. The number of alkyl halides is 6. The second-order valence-electron chi connectivity index (χ2n) is 9.26. The molecule has 1 N–H and O–H groups in total. The molecule has 3 aromatic carbocycles. The maximum Gasteiger partial charge on any atom is 0.490 e. The summed E-state index contributed by atoms with van der Waals surface area (Å²) in [7, 11) is 0. The molecule has 5 nitrogen and oxygen atoms in total. The number of carboxylic acid groups (broad SMARTS) is 1. The van der Waals surface area contributed by atoms with E-state index in [1.165, 1.54) is 11.3 Å². The number of halogens is 8. The van der Waals surface area contributed by atoms with Crippen LogP contribution in [0, 0.1) is 0 Å². The van der Waals surface area contributed by atoms with Crippen LogP contribution in [0.3, 0.4) is 0 Å². The maximum atomic E-state index is 13.4. The van der Waals surface area contributed by atoms with Crippen molar-refractivity contribution in [2.75, 3.05) is 0 Å². The maximum absolute atomic E-state index is 13.4. The second kappa shape index (κ2) is 13.4. The zero-order valence-corrected chi connectivity index (χ0v) is 24.2. The number of aliphatic carboxylic acids is 1. The molecule has 1 unspecified atom stereocenters. The third-order valence-electron chi connectivity index (χ3n) is 6.20. The van der Waals surface area contributed by atoms with Crippen LogP contribution >= 0.6 is 34.5 Å². The lowest BCUT2D eigenvalue weighted by molar-refractivity contribution is -0.192. The number of carboxylic acids is 1. The van der Waals surface area contributed by atoms with Crippen molar-refractivity contribution >= 4 is 51.5 Å². The quantitative estimate of drug-likeness (QED) is 0.177. The molecule has 0 aliphatic rings. The van der Waals surface area contributed by atoms with E-state index in [9.17, 15) is 26.3 Å². The number of rotatable bonds is 7. The van der Waals surface area contributed by atoms with Gasteiger partial charge in [0, 0.05) is 28.2 Å². The van der Waals surface area contributed by atoms with Crippen LogP contribution in [-0.2, 0) is 24.2 Å². The van der Waals surface area contributed by atoms with Crippen LogP contribution in [0.15, 0.2) is 78.3 Å². The molecule has 5 aromatic rings. The largest absolute Gasteiger partial charge is 0.490 e. The first-order chi connectivity index (χ1) is 20.2. The minimum Gasteiger partial charge on any atom is -0.475 e. The van der Waals surface area contributed by atoms with Crippen molar-refractivity contribution in [3.63, 3.8) is 0 Å². The summed E-state index contributed by atoms with van der Waals surface area (Å²) in [6.07, 6.45) is -8.28. The fourth-order valence-electron chi connectivity index (χ4n) is 4.38. The van der Waals surface area contributed by atoms with E-state index in [4.69, 9.17) is 33.1 Å². The number of hydrogen-bond acceptors (Lipinski definition) is 4. The van der Waals surface area contributed by atoms with Crippen molar-refractivity contribution in [3.8, 4) is 0 Å². The van der Waals surface area contributed by atoms with Crippen LogP contribution in [0.4, 0.5) is 26.3 Å². The Morgan fingerprint density at radius 1 is 0.930 bits per heavy atom. The molecule has 0 amide bonds. The summed E-state index contributed by atoms with van der Waals surface area (Å²) < 4.78 is 73.7. The minimum atomic E-state index is -5.08. The monoisotopic (exact) mass is 659 g/mol. The average molecular weight is 660 g/mol. The van der Waals surface area contributed by atoms with Crippen molar-refractivity contribution < 1.29 is 36.2 Å². The van der Waals surface area contributed by atoms with Crippen molar-refractivity contribution in [3.05, 3.63) is 116 Å². The molecule has 226 valence electrons. The number of fused-ring (bicyclic) bond motifs is 1. The van der Waals surface area contributed by atoms with Gasteiger partial charge in [-0.2, -0.15) is 26.3 Å². The number of benzene rings is 3. The van der Waals surface area contributed by atoms with E-state index in [-0.39, 0.29) is 11.7 Å². The molecule has 0 spiro atoms. The van der Waals surface area contributed by atoms with Crippen LogP contribution in [0.25, 0.3) is 11.0 Å². The van der Waals surface area contributed by atoms with Gasteiger partial charge in [-0.25, -0.2) is 14.8 Å². The van der Waals surface area contributed by atoms with Gasteiger partial charge >= 0.3 is 18.3 Å². The number of nitrogens with zero attached hydrogens (tertiary/aromatic N) is 3. The topological polar surface area (TPSA) is 68.0 Å². The lowest BCUT2D eigenvalue weighted by Crippen LogP contribution is -2.21. The molecule has 1 atom stereocenters. The molecule has 43 heavy (non-hydrogen) atoms. The third-order valence-corrected chi connectivity index (χ3v) is 7.53. The molecule has 2 heterocycles. The van der Waals surface area contributed by atoms with Gasteiger partial charge in [0.1, 0.15) is 17.3 Å². The van der Waals surface area contributed by atoms with E-state index in [1.807, 2.05) is 60.0 Å². The Kier molecular flexibility index (Phi) is 10.0. The first-order valence-electron chi connectivity index (χ1n) is 12.5. The Hall–Kier alpha value is -3.61. The van der Waals surface area contributed by atoms with Gasteiger partial charge in [0.15, 0.2) is 0 Å². The first-order valence-corrected chi connectivity index (χ1v) is 14.1. The number of hydrogen-bond donors (Lipinski definition) is 1. The highest BCUT2D eigenvalue weighted by molar-refractivity contribution is 7.09. The fraction of sp³-hybridized carbons (Fsp3) is 0.207. The van der Waals surface area contributed by atoms with E-state index in [0.29, 0.717) is 34.0 Å². The molecule has 0 fully saturated rings. The number of aromatic nitrogens is 3. The van der Waals surface area contributed by atoms with Gasteiger partial charge in [0.05, 0.1) is 17.0 Å². The highest BCUT2D eigenvalue weighted by Crippen LogP contribution is 2.36. The average Bonchev–Trinajstić information content (AvgIpc) is 3.56. The normalized spacial score (nSPS) is 12.6. The van der Waals surface area contributed by atoms with Gasteiger partial charge in [0.2, 0.25) is 0 Å². The van der Waals surface area contributed by atoms with Gasteiger partial charge in [-0.05, 0) is 59.5 Å². The summed E-state index contributed by atoms with van der Waals surface area (Å²) in [5, 5.41) is 11.1. The van der Waals surface area contributed by atoms with Crippen LogP contribution in [0.2, 0.25) is 10.0 Å². The summed E-state index contributed by atoms with van der Waals surface area (Å²) in [6, 6.07) is 20.5. The van der Waals surface area contributed by atoms with Crippen molar-refractivity contribution in [2.45, 2.75) is 37.7 Å². The summed E-state index contributed by atoms with van der Waals surface area (Å²) in [5.74, 6) is -2.95. The lowest BCUT2D eigenvalue weighted by Gasteiger charge is -2.17. The van der Waals surface area contributed by atoms with E-state index in [1.54, 1.807) is 22.9 Å². The van der Waals surface area contributed by atoms with Crippen LogP contribution in [-0.4, -0.2) is 38.0 Å². The molecule has 0 radical (unpaired) electrons. The van der Waals surface area contributed by atoms with Gasteiger partial charge in [-0.1, -0.05) is 53.5 Å². The Labute approximate surface area is 255 Å². The number of aryl methyl sites for hydroxylation is 2. The smallest absolute Gasteiger partial charge is 0.475 e. The van der Waals surface area contributed by atoms with Crippen molar-refractivity contribution in [2.24, 2.45) is 0 Å². The van der Waals surface area contributed by atoms with Gasteiger partial charge in [-0.3, -0.25) is 0 Å². The predicted octanol–water partition coefficient (Wildman–Crippen LogP) is 8.96. The van der Waals surface area contributed by atoms with Gasteiger partial charge in [-0.15, -0.1) is 11.3 Å². The van der Waals surface area contributed by atoms with Crippen LogP contribution in [0.1, 0.15) is 33.4 Å².